The van der Waals surface area contributed by atoms with Crippen molar-refractivity contribution in [2.45, 2.75) is 45.1 Å². The Morgan fingerprint density at radius 2 is 2.08 bits per heavy atom. The molecule has 2 heterocycles. The minimum absolute atomic E-state index is 0.0404. The summed E-state index contributed by atoms with van der Waals surface area (Å²) in [6.45, 7) is 3.73. The summed E-state index contributed by atoms with van der Waals surface area (Å²) in [6, 6.07) is 5.38. The summed E-state index contributed by atoms with van der Waals surface area (Å²) >= 11 is 0. The predicted molar refractivity (Wildman–Crippen MR) is 98.3 cm³/mol. The topological polar surface area (TPSA) is 50.2 Å². The molecule has 0 radical (unpaired) electrons. The average Bonchev–Trinajstić information content (AvgIpc) is 3.24. The van der Waals surface area contributed by atoms with Gasteiger partial charge < -0.3 is 10.2 Å². The molecule has 1 saturated heterocycles. The molecular formula is C20H25FN4O. The number of hydrogen-bond donors (Lipinski definition) is 1. The van der Waals surface area contributed by atoms with Gasteiger partial charge in [0.25, 0.3) is 5.91 Å². The first kappa shape index (κ1) is 17.2. The number of carbonyl (C=O) groups is 1. The van der Waals surface area contributed by atoms with Gasteiger partial charge in [-0.15, -0.1) is 0 Å². The number of aromatic nitrogens is 2. The molecule has 1 aromatic heterocycles. The third-order valence-corrected chi connectivity index (χ3v) is 5.64. The smallest absolute Gasteiger partial charge is 0.274 e. The molecule has 5 nitrogen and oxygen atoms in total. The van der Waals surface area contributed by atoms with E-state index in [0.717, 1.165) is 62.0 Å². The van der Waals surface area contributed by atoms with E-state index in [1.807, 2.05) is 24.9 Å². The van der Waals surface area contributed by atoms with Crippen molar-refractivity contribution in [1.82, 2.24) is 20.0 Å². The maximum absolute atomic E-state index is 14.5. The van der Waals surface area contributed by atoms with Crippen molar-refractivity contribution in [1.29, 1.82) is 0 Å². The molecule has 1 amide bonds. The number of benzene rings is 1. The number of piperidine rings is 1. The fourth-order valence-corrected chi connectivity index (χ4v) is 4.12. The molecule has 2 aliphatic rings. The van der Waals surface area contributed by atoms with Gasteiger partial charge in [-0.1, -0.05) is 6.07 Å². The van der Waals surface area contributed by atoms with Crippen molar-refractivity contribution < 1.29 is 9.18 Å². The quantitative estimate of drug-likeness (QED) is 0.920. The summed E-state index contributed by atoms with van der Waals surface area (Å²) in [4.78, 5) is 15.0. The molecule has 6 heteroatoms. The molecule has 0 unspecified atom stereocenters. The molecule has 0 bridgehead atoms. The predicted octanol–water partition coefficient (Wildman–Crippen LogP) is 2.63. The Kier molecular flexibility index (Phi) is 4.53. The van der Waals surface area contributed by atoms with Gasteiger partial charge in [-0.3, -0.25) is 4.79 Å². The van der Waals surface area contributed by atoms with E-state index in [4.69, 9.17) is 0 Å². The van der Waals surface area contributed by atoms with Gasteiger partial charge in [0, 0.05) is 24.3 Å². The third kappa shape index (κ3) is 2.92. The first-order valence-electron chi connectivity index (χ1n) is 9.41. The Morgan fingerprint density at radius 1 is 1.31 bits per heavy atom. The number of fused-ring (bicyclic) bond motifs is 1. The third-order valence-electron chi connectivity index (χ3n) is 5.64. The Hall–Kier alpha value is -2.21. The van der Waals surface area contributed by atoms with Crippen molar-refractivity contribution >= 4 is 5.91 Å². The number of aryl methyl sites for hydroxylation is 1. The van der Waals surface area contributed by atoms with Gasteiger partial charge in [0.05, 0.1) is 0 Å². The van der Waals surface area contributed by atoms with E-state index in [-0.39, 0.29) is 17.8 Å². The van der Waals surface area contributed by atoms with E-state index in [2.05, 4.69) is 10.4 Å². The second-order valence-corrected chi connectivity index (χ2v) is 7.39. The molecule has 0 atom stereocenters. The van der Waals surface area contributed by atoms with Crippen molar-refractivity contribution in [2.75, 3.05) is 20.1 Å². The molecular weight excluding hydrogens is 331 g/mol. The Balaban J connectivity index is 1.70. The molecule has 4 rings (SSSR count). The summed E-state index contributed by atoms with van der Waals surface area (Å²) in [5, 5.41) is 7.91. The van der Waals surface area contributed by atoms with E-state index in [1.54, 1.807) is 10.7 Å². The minimum Gasteiger partial charge on any atom is -0.337 e. The highest BCUT2D eigenvalue weighted by Crippen LogP contribution is 2.30. The van der Waals surface area contributed by atoms with Gasteiger partial charge in [-0.25, -0.2) is 9.07 Å². The molecule has 2 aromatic rings. The first-order valence-corrected chi connectivity index (χ1v) is 9.41. The molecule has 1 N–H and O–H groups in total. The van der Waals surface area contributed by atoms with Crippen LogP contribution < -0.4 is 5.32 Å². The van der Waals surface area contributed by atoms with E-state index in [1.165, 1.54) is 6.07 Å². The fourth-order valence-electron chi connectivity index (χ4n) is 4.12. The molecule has 1 aliphatic heterocycles. The van der Waals surface area contributed by atoms with Crippen LogP contribution in [0.15, 0.2) is 18.2 Å². The van der Waals surface area contributed by atoms with Crippen molar-refractivity contribution in [3.8, 4) is 5.69 Å². The standard InChI is InChI=1S/C20H25FN4O/c1-13-6-7-18(16(21)12-13)25-17-5-3-4-15(17)19(23-25)20(26)24(2)14-8-10-22-11-9-14/h6-7,12,14,22H,3-5,8-11H2,1-2H3. The summed E-state index contributed by atoms with van der Waals surface area (Å²) < 4.78 is 16.2. The van der Waals surface area contributed by atoms with Gasteiger partial charge in [-0.2, -0.15) is 5.10 Å². The van der Waals surface area contributed by atoms with E-state index < -0.39 is 0 Å². The first-order chi connectivity index (χ1) is 12.6. The number of nitrogens with zero attached hydrogens (tertiary/aromatic N) is 3. The van der Waals surface area contributed by atoms with Gasteiger partial charge >= 0.3 is 0 Å². The van der Waals surface area contributed by atoms with Crippen LogP contribution in [0.1, 0.15) is 46.6 Å². The number of carbonyl (C=O) groups excluding carboxylic acids is 1. The monoisotopic (exact) mass is 356 g/mol. The molecule has 26 heavy (non-hydrogen) atoms. The van der Waals surface area contributed by atoms with Crippen LogP contribution in [-0.4, -0.2) is 46.8 Å². The van der Waals surface area contributed by atoms with Crippen LogP contribution >= 0.6 is 0 Å². The summed E-state index contributed by atoms with van der Waals surface area (Å²) in [7, 11) is 1.87. The summed E-state index contributed by atoms with van der Waals surface area (Å²) in [5.74, 6) is -0.339. The fraction of sp³-hybridized carbons (Fsp3) is 0.500. The van der Waals surface area contributed by atoms with Gasteiger partial charge in [0.1, 0.15) is 11.5 Å². The lowest BCUT2D eigenvalue weighted by Gasteiger charge is -2.31. The highest BCUT2D eigenvalue weighted by Gasteiger charge is 2.31. The largest absolute Gasteiger partial charge is 0.337 e. The normalized spacial score (nSPS) is 17.3. The van der Waals surface area contributed by atoms with Crippen LogP contribution in [0, 0.1) is 12.7 Å². The lowest BCUT2D eigenvalue weighted by atomic mass is 10.0. The summed E-state index contributed by atoms with van der Waals surface area (Å²) in [6.07, 6.45) is 4.57. The van der Waals surface area contributed by atoms with E-state index in [9.17, 15) is 9.18 Å². The van der Waals surface area contributed by atoms with Crippen molar-refractivity contribution in [2.24, 2.45) is 0 Å². The zero-order chi connectivity index (χ0) is 18.3. The Morgan fingerprint density at radius 3 is 2.81 bits per heavy atom. The molecule has 0 spiro atoms. The van der Waals surface area contributed by atoms with Crippen molar-refractivity contribution in [3.05, 3.63) is 46.5 Å². The maximum Gasteiger partial charge on any atom is 0.274 e. The lowest BCUT2D eigenvalue weighted by molar-refractivity contribution is 0.0695. The van der Waals surface area contributed by atoms with Crippen LogP contribution in [0.4, 0.5) is 4.39 Å². The zero-order valence-corrected chi connectivity index (χ0v) is 15.4. The van der Waals surface area contributed by atoms with Gasteiger partial charge in [0.2, 0.25) is 0 Å². The van der Waals surface area contributed by atoms with Crippen LogP contribution in [0.5, 0.6) is 0 Å². The van der Waals surface area contributed by atoms with Crippen LogP contribution in [0.25, 0.3) is 5.69 Å². The Labute approximate surface area is 153 Å². The maximum atomic E-state index is 14.5. The highest BCUT2D eigenvalue weighted by atomic mass is 19.1. The van der Waals surface area contributed by atoms with Crippen LogP contribution in [0.3, 0.4) is 0 Å². The number of halogens is 1. The van der Waals surface area contributed by atoms with Crippen molar-refractivity contribution in [3.63, 3.8) is 0 Å². The molecule has 138 valence electrons. The van der Waals surface area contributed by atoms with Gasteiger partial charge in [0.15, 0.2) is 5.69 Å². The number of amides is 1. The molecule has 1 fully saturated rings. The molecule has 1 aliphatic carbocycles. The lowest BCUT2D eigenvalue weighted by Crippen LogP contribution is -2.44. The second kappa shape index (κ2) is 6.83. The highest BCUT2D eigenvalue weighted by molar-refractivity contribution is 5.94. The van der Waals surface area contributed by atoms with Gasteiger partial charge in [-0.05, 0) is 69.8 Å². The Bertz CT molecular complexity index is 839. The zero-order valence-electron chi connectivity index (χ0n) is 15.4. The van der Waals surface area contributed by atoms with Crippen LogP contribution in [0.2, 0.25) is 0 Å². The average molecular weight is 356 g/mol. The number of rotatable bonds is 3. The summed E-state index contributed by atoms with van der Waals surface area (Å²) in [5.41, 5.74) is 3.78. The van der Waals surface area contributed by atoms with E-state index >= 15 is 0 Å². The molecule has 0 saturated carbocycles. The number of nitrogens with one attached hydrogen (secondary N) is 1. The van der Waals surface area contributed by atoms with E-state index in [0.29, 0.717) is 11.4 Å². The minimum atomic E-state index is -0.298. The SMILES string of the molecule is Cc1ccc(-n2nc(C(=O)N(C)C3CCNCC3)c3c2CCC3)c(F)c1. The van der Waals surface area contributed by atoms with Crippen LogP contribution in [-0.2, 0) is 12.8 Å². The molecule has 1 aromatic carbocycles. The number of hydrogen-bond acceptors (Lipinski definition) is 3. The second-order valence-electron chi connectivity index (χ2n) is 7.39.